The standard InChI is InChI=1S/C24H25FN2O/c25-20-8-5-17(6-9-20)3-4-18-7-12-22(23(26)28)19(15-18)16-24(13-1-2-14-24)27-21-10-11-21/h5-9,12,15,21,27H,1-2,10-11,13-14,16H2,(H2,26,28). The first-order valence-corrected chi connectivity index (χ1v) is 10.0. The number of rotatable bonds is 5. The Labute approximate surface area is 165 Å². The van der Waals surface area contributed by atoms with Gasteiger partial charge in [0.05, 0.1) is 0 Å². The van der Waals surface area contributed by atoms with E-state index in [-0.39, 0.29) is 11.4 Å². The Kier molecular flexibility index (Phi) is 5.19. The number of nitrogens with two attached hydrogens (primary N) is 1. The molecule has 0 unspecified atom stereocenters. The lowest BCUT2D eigenvalue weighted by molar-refractivity contribution is 0.0999. The number of hydrogen-bond acceptors (Lipinski definition) is 2. The Balaban J connectivity index is 1.62. The maximum atomic E-state index is 13.0. The third kappa shape index (κ3) is 4.43. The van der Waals surface area contributed by atoms with Gasteiger partial charge in [0.15, 0.2) is 0 Å². The van der Waals surface area contributed by atoms with Gasteiger partial charge in [0.1, 0.15) is 5.82 Å². The molecule has 0 bridgehead atoms. The van der Waals surface area contributed by atoms with Gasteiger partial charge in [-0.2, -0.15) is 0 Å². The van der Waals surface area contributed by atoms with Gasteiger partial charge in [0, 0.05) is 28.3 Å². The molecule has 2 aromatic carbocycles. The molecule has 0 atom stereocenters. The second-order valence-electron chi connectivity index (χ2n) is 8.08. The highest BCUT2D eigenvalue weighted by Crippen LogP contribution is 2.37. The molecule has 2 fully saturated rings. The lowest BCUT2D eigenvalue weighted by Crippen LogP contribution is -2.46. The molecule has 0 aromatic heterocycles. The number of carbonyl (C=O) groups excluding carboxylic acids is 1. The van der Waals surface area contributed by atoms with Gasteiger partial charge in [0.2, 0.25) is 5.91 Å². The molecule has 2 aliphatic rings. The maximum absolute atomic E-state index is 13.0. The fraction of sp³-hybridized carbons (Fsp3) is 0.375. The fourth-order valence-corrected chi connectivity index (χ4v) is 4.18. The highest BCUT2D eigenvalue weighted by molar-refractivity contribution is 5.94. The van der Waals surface area contributed by atoms with Crippen LogP contribution in [0.2, 0.25) is 0 Å². The largest absolute Gasteiger partial charge is 0.366 e. The molecule has 0 aliphatic heterocycles. The van der Waals surface area contributed by atoms with Crippen molar-refractivity contribution in [3.8, 4) is 11.8 Å². The summed E-state index contributed by atoms with van der Waals surface area (Å²) in [5.74, 6) is 5.52. The van der Waals surface area contributed by atoms with Gasteiger partial charge in [-0.15, -0.1) is 0 Å². The van der Waals surface area contributed by atoms with E-state index >= 15 is 0 Å². The number of benzene rings is 2. The zero-order chi connectivity index (χ0) is 19.6. The minimum absolute atomic E-state index is 0.0639. The van der Waals surface area contributed by atoms with E-state index < -0.39 is 5.91 Å². The molecule has 0 radical (unpaired) electrons. The van der Waals surface area contributed by atoms with E-state index in [2.05, 4.69) is 17.2 Å². The SMILES string of the molecule is NC(=O)c1ccc(C#Cc2ccc(F)cc2)cc1CC1(NC2CC2)CCCC1. The summed E-state index contributed by atoms with van der Waals surface area (Å²) in [7, 11) is 0. The van der Waals surface area contributed by atoms with Crippen LogP contribution in [0.15, 0.2) is 42.5 Å². The van der Waals surface area contributed by atoms with E-state index in [0.717, 1.165) is 36.0 Å². The van der Waals surface area contributed by atoms with Crippen molar-refractivity contribution >= 4 is 5.91 Å². The van der Waals surface area contributed by atoms with Crippen LogP contribution in [0.5, 0.6) is 0 Å². The molecular formula is C24H25FN2O. The van der Waals surface area contributed by atoms with Crippen molar-refractivity contribution in [2.24, 2.45) is 5.73 Å². The number of nitrogens with one attached hydrogen (secondary N) is 1. The molecule has 2 saturated carbocycles. The van der Waals surface area contributed by atoms with E-state index in [0.29, 0.717) is 11.6 Å². The summed E-state index contributed by atoms with van der Waals surface area (Å²) in [6.07, 6.45) is 7.99. The molecular weight excluding hydrogens is 351 g/mol. The zero-order valence-electron chi connectivity index (χ0n) is 15.9. The predicted molar refractivity (Wildman–Crippen MR) is 108 cm³/mol. The summed E-state index contributed by atoms with van der Waals surface area (Å²) in [5, 5.41) is 3.84. The van der Waals surface area contributed by atoms with Gasteiger partial charge < -0.3 is 11.1 Å². The van der Waals surface area contributed by atoms with Crippen molar-refractivity contribution in [2.45, 2.75) is 56.5 Å². The van der Waals surface area contributed by atoms with Gasteiger partial charge in [0.25, 0.3) is 0 Å². The van der Waals surface area contributed by atoms with Crippen LogP contribution in [0, 0.1) is 17.7 Å². The van der Waals surface area contributed by atoms with Crippen LogP contribution in [0.1, 0.15) is 65.6 Å². The van der Waals surface area contributed by atoms with E-state index in [9.17, 15) is 9.18 Å². The molecule has 144 valence electrons. The normalized spacial score (nSPS) is 17.8. The lowest BCUT2D eigenvalue weighted by atomic mass is 9.86. The third-order valence-electron chi connectivity index (χ3n) is 5.74. The quantitative estimate of drug-likeness (QED) is 0.777. The Morgan fingerprint density at radius 3 is 2.36 bits per heavy atom. The smallest absolute Gasteiger partial charge is 0.248 e. The molecule has 4 rings (SSSR count). The molecule has 3 N–H and O–H groups in total. The van der Waals surface area contributed by atoms with Gasteiger partial charge in [-0.1, -0.05) is 24.7 Å². The van der Waals surface area contributed by atoms with Gasteiger partial charge in [-0.3, -0.25) is 4.79 Å². The van der Waals surface area contributed by atoms with Crippen LogP contribution in [-0.4, -0.2) is 17.5 Å². The minimum atomic E-state index is -0.396. The monoisotopic (exact) mass is 376 g/mol. The summed E-state index contributed by atoms with van der Waals surface area (Å²) in [5.41, 5.74) is 8.84. The highest BCUT2D eigenvalue weighted by atomic mass is 19.1. The number of primary amides is 1. The van der Waals surface area contributed by atoms with Gasteiger partial charge >= 0.3 is 0 Å². The molecule has 2 aromatic rings. The topological polar surface area (TPSA) is 55.1 Å². The third-order valence-corrected chi connectivity index (χ3v) is 5.74. The Hall–Kier alpha value is -2.64. The van der Waals surface area contributed by atoms with E-state index in [1.807, 2.05) is 12.1 Å². The highest BCUT2D eigenvalue weighted by Gasteiger charge is 2.39. The Morgan fingerprint density at radius 2 is 1.71 bits per heavy atom. The number of amides is 1. The number of hydrogen-bond donors (Lipinski definition) is 2. The van der Waals surface area contributed by atoms with Crippen molar-refractivity contribution in [3.63, 3.8) is 0 Å². The molecule has 1 amide bonds. The minimum Gasteiger partial charge on any atom is -0.366 e. The first kappa shape index (κ1) is 18.7. The van der Waals surface area contributed by atoms with Crippen LogP contribution in [0.25, 0.3) is 0 Å². The number of halogens is 1. The van der Waals surface area contributed by atoms with Gasteiger partial charge in [-0.05, 0) is 80.1 Å². The summed E-state index contributed by atoms with van der Waals surface area (Å²) in [6, 6.07) is 12.4. The lowest BCUT2D eigenvalue weighted by Gasteiger charge is -2.31. The molecule has 0 spiro atoms. The van der Waals surface area contributed by atoms with Crippen molar-refractivity contribution in [1.82, 2.24) is 5.32 Å². The molecule has 2 aliphatic carbocycles. The second-order valence-corrected chi connectivity index (χ2v) is 8.08. The first-order valence-electron chi connectivity index (χ1n) is 10.0. The molecule has 0 saturated heterocycles. The van der Waals surface area contributed by atoms with Crippen LogP contribution < -0.4 is 11.1 Å². The summed E-state index contributed by atoms with van der Waals surface area (Å²) >= 11 is 0. The van der Waals surface area contributed by atoms with E-state index in [4.69, 9.17) is 5.73 Å². The predicted octanol–water partition coefficient (Wildman–Crippen LogP) is 3.93. The molecule has 4 heteroatoms. The summed E-state index contributed by atoms with van der Waals surface area (Å²) < 4.78 is 13.0. The van der Waals surface area contributed by atoms with Crippen molar-refractivity contribution in [3.05, 3.63) is 70.5 Å². The van der Waals surface area contributed by atoms with E-state index in [1.165, 1.54) is 37.8 Å². The Bertz CT molecular complexity index is 929. The maximum Gasteiger partial charge on any atom is 0.248 e. The van der Waals surface area contributed by atoms with Crippen molar-refractivity contribution in [1.29, 1.82) is 0 Å². The summed E-state index contributed by atoms with van der Waals surface area (Å²) in [6.45, 7) is 0. The second kappa shape index (κ2) is 7.77. The van der Waals surface area contributed by atoms with Crippen LogP contribution in [0.4, 0.5) is 4.39 Å². The van der Waals surface area contributed by atoms with Crippen LogP contribution in [0.3, 0.4) is 0 Å². The zero-order valence-corrected chi connectivity index (χ0v) is 15.9. The number of carbonyl (C=O) groups is 1. The van der Waals surface area contributed by atoms with Crippen LogP contribution in [-0.2, 0) is 6.42 Å². The Morgan fingerprint density at radius 1 is 1.07 bits per heavy atom. The van der Waals surface area contributed by atoms with Gasteiger partial charge in [-0.25, -0.2) is 4.39 Å². The fourth-order valence-electron chi connectivity index (χ4n) is 4.18. The van der Waals surface area contributed by atoms with Crippen molar-refractivity contribution in [2.75, 3.05) is 0 Å². The first-order chi connectivity index (χ1) is 13.5. The molecule has 28 heavy (non-hydrogen) atoms. The molecule has 3 nitrogen and oxygen atoms in total. The van der Waals surface area contributed by atoms with E-state index in [1.54, 1.807) is 18.2 Å². The molecule has 0 heterocycles. The average Bonchev–Trinajstić information content (AvgIpc) is 3.37. The average molecular weight is 376 g/mol. The summed E-state index contributed by atoms with van der Waals surface area (Å²) in [4.78, 5) is 12.0. The van der Waals surface area contributed by atoms with Crippen LogP contribution >= 0.6 is 0 Å². The van der Waals surface area contributed by atoms with Crippen molar-refractivity contribution < 1.29 is 9.18 Å².